The van der Waals surface area contributed by atoms with Gasteiger partial charge in [-0.15, -0.1) is 0 Å². The van der Waals surface area contributed by atoms with Crippen LogP contribution in [0.2, 0.25) is 0 Å². The van der Waals surface area contributed by atoms with E-state index in [2.05, 4.69) is 45.8 Å². The maximum absolute atomic E-state index is 4.46. The summed E-state index contributed by atoms with van der Waals surface area (Å²) in [6.45, 7) is 8.21. The Labute approximate surface area is 114 Å². The van der Waals surface area contributed by atoms with Crippen LogP contribution in [0.25, 0.3) is 0 Å². The van der Waals surface area contributed by atoms with Gasteiger partial charge in [-0.2, -0.15) is 0 Å². The van der Waals surface area contributed by atoms with Crippen molar-refractivity contribution in [2.75, 3.05) is 6.54 Å². The molecule has 19 heavy (non-hydrogen) atoms. The minimum Gasteiger partial charge on any atom is -0.335 e. The van der Waals surface area contributed by atoms with Gasteiger partial charge in [0, 0.05) is 43.3 Å². The van der Waals surface area contributed by atoms with Gasteiger partial charge in [-0.1, -0.05) is 6.92 Å². The van der Waals surface area contributed by atoms with Gasteiger partial charge in [0.05, 0.1) is 0 Å². The van der Waals surface area contributed by atoms with Crippen molar-refractivity contribution in [1.29, 1.82) is 0 Å². The quantitative estimate of drug-likeness (QED) is 0.865. The van der Waals surface area contributed by atoms with Gasteiger partial charge in [0.2, 0.25) is 0 Å². The Morgan fingerprint density at radius 3 is 2.79 bits per heavy atom. The molecule has 0 fully saturated rings. The van der Waals surface area contributed by atoms with Crippen LogP contribution in [0, 0.1) is 6.92 Å². The standard InChI is InChI=1S/C15H22N4/c1-4-16-14(13-6-7-17-12(3)10-13)11-15-18-8-9-19(15)5-2/h6-10,14,16H,4-5,11H2,1-3H3. The maximum atomic E-state index is 4.46. The minimum atomic E-state index is 0.291. The van der Waals surface area contributed by atoms with Gasteiger partial charge in [0.15, 0.2) is 0 Å². The van der Waals surface area contributed by atoms with Gasteiger partial charge in [0.1, 0.15) is 5.82 Å². The fourth-order valence-corrected chi connectivity index (χ4v) is 2.34. The molecular weight excluding hydrogens is 236 g/mol. The predicted molar refractivity (Wildman–Crippen MR) is 77.0 cm³/mol. The Balaban J connectivity index is 2.21. The third kappa shape index (κ3) is 3.41. The Bertz CT molecular complexity index is 518. The number of pyridine rings is 1. The topological polar surface area (TPSA) is 42.7 Å². The summed E-state index contributed by atoms with van der Waals surface area (Å²) < 4.78 is 2.19. The van der Waals surface area contributed by atoms with E-state index in [1.165, 1.54) is 5.56 Å². The number of aryl methyl sites for hydroxylation is 2. The average molecular weight is 258 g/mol. The molecule has 4 heteroatoms. The minimum absolute atomic E-state index is 0.291. The number of aromatic nitrogens is 3. The summed E-state index contributed by atoms with van der Waals surface area (Å²) in [4.78, 5) is 8.73. The normalized spacial score (nSPS) is 12.6. The molecule has 0 bridgehead atoms. The van der Waals surface area contributed by atoms with E-state index in [1.807, 2.05) is 25.5 Å². The number of imidazole rings is 1. The molecule has 0 radical (unpaired) electrons. The van der Waals surface area contributed by atoms with Crippen LogP contribution in [0.5, 0.6) is 0 Å². The average Bonchev–Trinajstić information content (AvgIpc) is 2.85. The van der Waals surface area contributed by atoms with Crippen molar-refractivity contribution in [3.05, 3.63) is 47.8 Å². The highest BCUT2D eigenvalue weighted by atomic mass is 15.1. The second-order valence-corrected chi connectivity index (χ2v) is 4.67. The zero-order valence-corrected chi connectivity index (χ0v) is 11.9. The third-order valence-corrected chi connectivity index (χ3v) is 3.30. The number of hydrogen-bond donors (Lipinski definition) is 1. The second-order valence-electron chi connectivity index (χ2n) is 4.67. The molecule has 0 aromatic carbocycles. The lowest BCUT2D eigenvalue weighted by atomic mass is 10.0. The Hall–Kier alpha value is -1.68. The summed E-state index contributed by atoms with van der Waals surface area (Å²) in [5.74, 6) is 1.13. The van der Waals surface area contributed by atoms with E-state index in [-0.39, 0.29) is 0 Å². The van der Waals surface area contributed by atoms with Gasteiger partial charge in [-0.25, -0.2) is 4.98 Å². The van der Waals surface area contributed by atoms with Crippen LogP contribution in [-0.2, 0) is 13.0 Å². The van der Waals surface area contributed by atoms with Gasteiger partial charge in [-0.05, 0) is 38.1 Å². The Kier molecular flexibility index (Phi) is 4.68. The van der Waals surface area contributed by atoms with Crippen molar-refractivity contribution in [3.63, 3.8) is 0 Å². The highest BCUT2D eigenvalue weighted by molar-refractivity contribution is 5.20. The summed E-state index contributed by atoms with van der Waals surface area (Å²) >= 11 is 0. The molecule has 0 amide bonds. The smallest absolute Gasteiger partial charge is 0.110 e. The van der Waals surface area contributed by atoms with Crippen molar-refractivity contribution >= 4 is 0 Å². The van der Waals surface area contributed by atoms with Crippen molar-refractivity contribution in [1.82, 2.24) is 19.9 Å². The summed E-state index contributed by atoms with van der Waals surface area (Å²) in [5, 5.41) is 3.53. The van der Waals surface area contributed by atoms with E-state index in [4.69, 9.17) is 0 Å². The molecule has 2 heterocycles. The van der Waals surface area contributed by atoms with Crippen molar-refractivity contribution in [2.24, 2.45) is 0 Å². The number of rotatable bonds is 6. The summed E-state index contributed by atoms with van der Waals surface area (Å²) in [6, 6.07) is 4.52. The molecule has 0 spiro atoms. The van der Waals surface area contributed by atoms with E-state index in [0.29, 0.717) is 6.04 Å². The molecule has 0 aliphatic carbocycles. The fraction of sp³-hybridized carbons (Fsp3) is 0.467. The predicted octanol–water partition coefficient (Wildman–Crippen LogP) is 2.50. The molecule has 4 nitrogen and oxygen atoms in total. The van der Waals surface area contributed by atoms with E-state index in [1.54, 1.807) is 0 Å². The van der Waals surface area contributed by atoms with Gasteiger partial charge in [-0.3, -0.25) is 4.98 Å². The van der Waals surface area contributed by atoms with Gasteiger partial charge in [0.25, 0.3) is 0 Å². The van der Waals surface area contributed by atoms with E-state index >= 15 is 0 Å². The van der Waals surface area contributed by atoms with Crippen LogP contribution in [0.3, 0.4) is 0 Å². The zero-order valence-electron chi connectivity index (χ0n) is 11.9. The number of nitrogens with one attached hydrogen (secondary N) is 1. The molecular formula is C15H22N4. The Morgan fingerprint density at radius 2 is 2.11 bits per heavy atom. The molecule has 0 saturated heterocycles. The summed E-state index contributed by atoms with van der Waals surface area (Å²) in [7, 11) is 0. The van der Waals surface area contributed by atoms with Crippen molar-refractivity contribution in [3.8, 4) is 0 Å². The molecule has 2 rings (SSSR count). The maximum Gasteiger partial charge on any atom is 0.110 e. The van der Waals surface area contributed by atoms with Crippen LogP contribution in [0.4, 0.5) is 0 Å². The number of likely N-dealkylation sites (N-methyl/N-ethyl adjacent to an activating group) is 1. The first kappa shape index (κ1) is 13.7. The largest absolute Gasteiger partial charge is 0.335 e. The molecule has 1 unspecified atom stereocenters. The first-order valence-electron chi connectivity index (χ1n) is 6.90. The number of nitrogens with zero attached hydrogens (tertiary/aromatic N) is 3. The summed E-state index contributed by atoms with van der Waals surface area (Å²) in [6.07, 6.45) is 6.69. The third-order valence-electron chi connectivity index (χ3n) is 3.30. The highest BCUT2D eigenvalue weighted by Crippen LogP contribution is 2.18. The van der Waals surface area contributed by atoms with Crippen LogP contribution < -0.4 is 5.32 Å². The monoisotopic (exact) mass is 258 g/mol. The Morgan fingerprint density at radius 1 is 1.26 bits per heavy atom. The van der Waals surface area contributed by atoms with E-state index in [9.17, 15) is 0 Å². The lowest BCUT2D eigenvalue weighted by molar-refractivity contribution is 0.521. The molecule has 1 N–H and O–H groups in total. The van der Waals surface area contributed by atoms with Crippen LogP contribution in [0.1, 0.15) is 37.0 Å². The lowest BCUT2D eigenvalue weighted by Gasteiger charge is -2.19. The molecule has 1 atom stereocenters. The second kappa shape index (κ2) is 6.48. The van der Waals surface area contributed by atoms with Crippen LogP contribution in [-0.4, -0.2) is 21.1 Å². The SMILES string of the molecule is CCNC(Cc1nccn1CC)c1ccnc(C)c1. The fourth-order valence-electron chi connectivity index (χ4n) is 2.34. The van der Waals surface area contributed by atoms with Crippen LogP contribution >= 0.6 is 0 Å². The van der Waals surface area contributed by atoms with Crippen molar-refractivity contribution < 1.29 is 0 Å². The van der Waals surface area contributed by atoms with E-state index < -0.39 is 0 Å². The van der Waals surface area contributed by atoms with Gasteiger partial charge < -0.3 is 9.88 Å². The molecule has 2 aromatic heterocycles. The van der Waals surface area contributed by atoms with Crippen LogP contribution in [0.15, 0.2) is 30.7 Å². The molecule has 2 aromatic rings. The first-order valence-corrected chi connectivity index (χ1v) is 6.90. The number of hydrogen-bond acceptors (Lipinski definition) is 3. The molecule has 102 valence electrons. The first-order chi connectivity index (χ1) is 9.24. The van der Waals surface area contributed by atoms with Gasteiger partial charge >= 0.3 is 0 Å². The highest BCUT2D eigenvalue weighted by Gasteiger charge is 2.14. The van der Waals surface area contributed by atoms with E-state index in [0.717, 1.165) is 31.0 Å². The lowest BCUT2D eigenvalue weighted by Crippen LogP contribution is -2.24. The van der Waals surface area contributed by atoms with Crippen molar-refractivity contribution in [2.45, 2.75) is 39.8 Å². The zero-order chi connectivity index (χ0) is 13.7. The summed E-state index contributed by atoms with van der Waals surface area (Å²) in [5.41, 5.74) is 2.33. The molecule has 0 aliphatic heterocycles. The molecule has 0 saturated carbocycles. The molecule has 0 aliphatic rings.